The maximum absolute atomic E-state index is 5.18. The number of aryl methyl sites for hydroxylation is 1. The number of nitrogens with one attached hydrogen (secondary N) is 1. The van der Waals surface area contributed by atoms with Crippen molar-refractivity contribution in [3.63, 3.8) is 0 Å². The lowest BCUT2D eigenvalue weighted by Crippen LogP contribution is -2.44. The van der Waals surface area contributed by atoms with Gasteiger partial charge < -0.3 is 10.1 Å². The van der Waals surface area contributed by atoms with E-state index in [1.165, 1.54) is 4.80 Å². The van der Waals surface area contributed by atoms with Crippen LogP contribution in [0.5, 0.6) is 0 Å². The van der Waals surface area contributed by atoms with Crippen molar-refractivity contribution < 1.29 is 4.74 Å². The third-order valence-corrected chi connectivity index (χ3v) is 2.53. The Labute approximate surface area is 82.6 Å². The molecule has 0 amide bonds. The van der Waals surface area contributed by atoms with E-state index in [1.807, 2.05) is 0 Å². The second-order valence-electron chi connectivity index (χ2n) is 3.60. The van der Waals surface area contributed by atoms with Crippen molar-refractivity contribution in [1.82, 2.24) is 25.5 Å². The molecule has 78 valence electrons. The molecule has 2 rings (SSSR count). The van der Waals surface area contributed by atoms with Gasteiger partial charge in [0.05, 0.1) is 19.7 Å². The zero-order valence-electron chi connectivity index (χ0n) is 8.47. The molecule has 1 fully saturated rings. The van der Waals surface area contributed by atoms with Crippen LogP contribution in [0, 0.1) is 0 Å². The predicted octanol–water partition coefficient (Wildman–Crippen LogP) is -0.523. The summed E-state index contributed by atoms with van der Waals surface area (Å²) >= 11 is 0. The molecule has 6 nitrogen and oxygen atoms in total. The number of hydrogen-bond donors (Lipinski definition) is 1. The highest BCUT2D eigenvalue weighted by molar-refractivity contribution is 4.87. The number of tetrazole rings is 1. The summed E-state index contributed by atoms with van der Waals surface area (Å²) in [6, 6.07) is 0.545. The van der Waals surface area contributed by atoms with Crippen LogP contribution in [-0.2, 0) is 18.3 Å². The Balaban J connectivity index is 1.69. The van der Waals surface area contributed by atoms with Gasteiger partial charge in [-0.1, -0.05) is 0 Å². The van der Waals surface area contributed by atoms with Crippen LogP contribution in [0.15, 0.2) is 0 Å². The summed E-state index contributed by atoms with van der Waals surface area (Å²) in [5, 5.41) is 15.1. The molecule has 0 unspecified atom stereocenters. The van der Waals surface area contributed by atoms with E-state index in [0.29, 0.717) is 18.7 Å². The van der Waals surface area contributed by atoms with Crippen LogP contribution in [-0.4, -0.2) is 39.5 Å². The topological polar surface area (TPSA) is 64.9 Å². The molecule has 1 aliphatic carbocycles. The molecule has 1 aliphatic rings. The summed E-state index contributed by atoms with van der Waals surface area (Å²) in [5.41, 5.74) is 0. The van der Waals surface area contributed by atoms with E-state index in [9.17, 15) is 0 Å². The molecule has 14 heavy (non-hydrogen) atoms. The molecule has 6 heteroatoms. The van der Waals surface area contributed by atoms with Gasteiger partial charge in [-0.25, -0.2) is 0 Å². The average molecular weight is 197 g/mol. The van der Waals surface area contributed by atoms with Crippen molar-refractivity contribution in [2.45, 2.75) is 31.5 Å². The fourth-order valence-corrected chi connectivity index (χ4v) is 1.55. The van der Waals surface area contributed by atoms with E-state index in [-0.39, 0.29) is 0 Å². The molecule has 0 saturated heterocycles. The van der Waals surface area contributed by atoms with Crippen LogP contribution in [0.4, 0.5) is 0 Å². The van der Waals surface area contributed by atoms with Crippen molar-refractivity contribution in [1.29, 1.82) is 0 Å². The van der Waals surface area contributed by atoms with E-state index in [1.54, 1.807) is 14.2 Å². The van der Waals surface area contributed by atoms with Crippen molar-refractivity contribution in [3.05, 3.63) is 5.82 Å². The summed E-state index contributed by atoms with van der Waals surface area (Å²) in [6.07, 6.45) is 2.59. The molecule has 1 heterocycles. The molecule has 0 spiro atoms. The third kappa shape index (κ3) is 2.08. The Morgan fingerprint density at radius 1 is 1.57 bits per heavy atom. The molecular formula is C8H15N5O. The number of rotatable bonds is 4. The van der Waals surface area contributed by atoms with Gasteiger partial charge in [0.1, 0.15) is 0 Å². The van der Waals surface area contributed by atoms with Gasteiger partial charge in [-0.2, -0.15) is 4.80 Å². The first-order chi connectivity index (χ1) is 6.78. The van der Waals surface area contributed by atoms with Crippen LogP contribution in [0.1, 0.15) is 18.7 Å². The maximum Gasteiger partial charge on any atom is 0.188 e. The highest BCUT2D eigenvalue weighted by atomic mass is 16.5. The monoisotopic (exact) mass is 197 g/mol. The van der Waals surface area contributed by atoms with Crippen molar-refractivity contribution >= 4 is 0 Å². The molecule has 1 aromatic heterocycles. The minimum Gasteiger partial charge on any atom is -0.381 e. The van der Waals surface area contributed by atoms with E-state index < -0.39 is 0 Å². The zero-order chi connectivity index (χ0) is 9.97. The molecular weight excluding hydrogens is 182 g/mol. The molecule has 0 bridgehead atoms. The molecule has 0 aliphatic heterocycles. The van der Waals surface area contributed by atoms with Crippen LogP contribution in [0.25, 0.3) is 0 Å². The number of methoxy groups -OCH3 is 1. The second-order valence-corrected chi connectivity index (χ2v) is 3.60. The van der Waals surface area contributed by atoms with Gasteiger partial charge in [0.15, 0.2) is 5.82 Å². The Morgan fingerprint density at radius 2 is 2.36 bits per heavy atom. The number of aromatic nitrogens is 4. The zero-order valence-corrected chi connectivity index (χ0v) is 8.47. The number of hydrogen-bond acceptors (Lipinski definition) is 5. The predicted molar refractivity (Wildman–Crippen MR) is 49.5 cm³/mol. The fourth-order valence-electron chi connectivity index (χ4n) is 1.55. The Morgan fingerprint density at radius 3 is 2.93 bits per heavy atom. The molecule has 1 aromatic rings. The van der Waals surface area contributed by atoms with Crippen molar-refractivity contribution in [2.24, 2.45) is 7.05 Å². The van der Waals surface area contributed by atoms with E-state index >= 15 is 0 Å². The average Bonchev–Trinajstić information content (AvgIpc) is 2.49. The standard InChI is InChI=1S/C8H15N5O/c1-13-11-8(10-12-13)5-9-6-3-7(4-6)14-2/h6-7,9H,3-5H2,1-2H3. The first-order valence-corrected chi connectivity index (χ1v) is 4.77. The van der Waals surface area contributed by atoms with Gasteiger partial charge in [-0.3, -0.25) is 0 Å². The molecule has 0 radical (unpaired) electrons. The van der Waals surface area contributed by atoms with Crippen LogP contribution in [0.3, 0.4) is 0 Å². The molecule has 0 atom stereocenters. The van der Waals surface area contributed by atoms with Gasteiger partial charge in [0.25, 0.3) is 0 Å². The lowest BCUT2D eigenvalue weighted by Gasteiger charge is -2.34. The first-order valence-electron chi connectivity index (χ1n) is 4.77. The smallest absolute Gasteiger partial charge is 0.188 e. The molecule has 1 N–H and O–H groups in total. The van der Waals surface area contributed by atoms with Crippen LogP contribution < -0.4 is 5.32 Å². The van der Waals surface area contributed by atoms with Crippen LogP contribution in [0.2, 0.25) is 0 Å². The summed E-state index contributed by atoms with van der Waals surface area (Å²) in [6.45, 7) is 0.689. The molecule has 1 saturated carbocycles. The van der Waals surface area contributed by atoms with E-state index in [4.69, 9.17) is 4.74 Å². The summed E-state index contributed by atoms with van der Waals surface area (Å²) in [4.78, 5) is 1.47. The Kier molecular flexibility index (Phi) is 2.74. The minimum absolute atomic E-state index is 0.433. The second kappa shape index (κ2) is 4.02. The quantitative estimate of drug-likeness (QED) is 0.703. The normalized spacial score (nSPS) is 26.1. The van der Waals surface area contributed by atoms with Gasteiger partial charge in [-0.05, 0) is 18.1 Å². The van der Waals surface area contributed by atoms with Gasteiger partial charge in [0.2, 0.25) is 0 Å². The highest BCUT2D eigenvalue weighted by Crippen LogP contribution is 2.22. The summed E-state index contributed by atoms with van der Waals surface area (Å²) in [5.74, 6) is 0.744. The largest absolute Gasteiger partial charge is 0.381 e. The number of nitrogens with zero attached hydrogens (tertiary/aromatic N) is 4. The lowest BCUT2D eigenvalue weighted by molar-refractivity contribution is 0.0168. The van der Waals surface area contributed by atoms with Gasteiger partial charge in [-0.15, -0.1) is 10.2 Å². The fraction of sp³-hybridized carbons (Fsp3) is 0.875. The Bertz CT molecular complexity index is 294. The lowest BCUT2D eigenvalue weighted by atomic mass is 9.89. The van der Waals surface area contributed by atoms with Crippen molar-refractivity contribution in [2.75, 3.05) is 7.11 Å². The van der Waals surface area contributed by atoms with Gasteiger partial charge in [0, 0.05) is 13.2 Å². The first kappa shape index (κ1) is 9.54. The van der Waals surface area contributed by atoms with E-state index in [0.717, 1.165) is 18.7 Å². The Hall–Kier alpha value is -1.01. The third-order valence-electron chi connectivity index (χ3n) is 2.53. The van der Waals surface area contributed by atoms with Gasteiger partial charge >= 0.3 is 0 Å². The van der Waals surface area contributed by atoms with Crippen LogP contribution >= 0.6 is 0 Å². The van der Waals surface area contributed by atoms with Crippen molar-refractivity contribution in [3.8, 4) is 0 Å². The summed E-state index contributed by atoms with van der Waals surface area (Å²) in [7, 11) is 3.52. The molecule has 0 aromatic carbocycles. The van der Waals surface area contributed by atoms with E-state index in [2.05, 4.69) is 20.7 Å². The SMILES string of the molecule is COC1CC(NCc2nnn(C)n2)C1. The number of ether oxygens (including phenoxy) is 1. The summed E-state index contributed by atoms with van der Waals surface area (Å²) < 4.78 is 5.18. The highest BCUT2D eigenvalue weighted by Gasteiger charge is 2.28. The maximum atomic E-state index is 5.18. The minimum atomic E-state index is 0.433.